The number of allylic oxidation sites excluding steroid dienone is 2. The number of hydrogen-bond donors (Lipinski definition) is 0. The van der Waals surface area contributed by atoms with E-state index in [2.05, 4.69) is 29.1 Å². The summed E-state index contributed by atoms with van der Waals surface area (Å²) in [5, 5.41) is 0.858. The molecule has 0 aliphatic carbocycles. The molecule has 4 heteroatoms. The molecule has 0 fully saturated rings. The van der Waals surface area contributed by atoms with Gasteiger partial charge >= 0.3 is 0 Å². The number of rotatable bonds is 1. The van der Waals surface area contributed by atoms with Crippen molar-refractivity contribution in [2.45, 2.75) is 6.92 Å². The smallest absolute Gasteiger partial charge is 0.131 e. The first-order chi connectivity index (χ1) is 7.54. The molecular formula is C12H12Cl2N2. The van der Waals surface area contributed by atoms with E-state index in [9.17, 15) is 0 Å². The quantitative estimate of drug-likeness (QED) is 0.712. The summed E-state index contributed by atoms with van der Waals surface area (Å²) < 4.78 is 0. The van der Waals surface area contributed by atoms with Crippen LogP contribution in [-0.2, 0) is 0 Å². The average molecular weight is 255 g/mol. The molecule has 1 aliphatic rings. The first-order valence-electron chi connectivity index (χ1n) is 4.97. The highest BCUT2D eigenvalue weighted by molar-refractivity contribution is 6.32. The molecule has 0 saturated carbocycles. The SMILES string of the molecule is CC1=CN(C)CC(c2cc(Cl)nc(Cl)c2)=C1. The second-order valence-corrected chi connectivity index (χ2v) is 4.73. The van der Waals surface area contributed by atoms with Crippen LogP contribution in [0, 0.1) is 0 Å². The summed E-state index contributed by atoms with van der Waals surface area (Å²) in [5.74, 6) is 0. The molecule has 2 rings (SSSR count). The van der Waals surface area contributed by atoms with E-state index in [0.717, 1.165) is 12.1 Å². The summed E-state index contributed by atoms with van der Waals surface area (Å²) in [6.07, 6.45) is 4.25. The van der Waals surface area contributed by atoms with Gasteiger partial charge in [0.25, 0.3) is 0 Å². The lowest BCUT2D eigenvalue weighted by Gasteiger charge is -2.22. The lowest BCUT2D eigenvalue weighted by atomic mass is 10.0. The first kappa shape index (κ1) is 11.5. The van der Waals surface area contributed by atoms with Crippen molar-refractivity contribution in [3.8, 4) is 0 Å². The van der Waals surface area contributed by atoms with Crippen LogP contribution in [0.4, 0.5) is 0 Å². The van der Waals surface area contributed by atoms with Crippen molar-refractivity contribution in [1.29, 1.82) is 0 Å². The van der Waals surface area contributed by atoms with Gasteiger partial charge < -0.3 is 4.90 Å². The highest BCUT2D eigenvalue weighted by Crippen LogP contribution is 2.25. The van der Waals surface area contributed by atoms with Gasteiger partial charge in [0, 0.05) is 19.8 Å². The van der Waals surface area contributed by atoms with E-state index in [1.54, 1.807) is 0 Å². The summed E-state index contributed by atoms with van der Waals surface area (Å²) in [7, 11) is 2.04. The van der Waals surface area contributed by atoms with Gasteiger partial charge in [0.15, 0.2) is 0 Å². The molecule has 0 radical (unpaired) electrons. The van der Waals surface area contributed by atoms with Crippen LogP contribution in [0.2, 0.25) is 10.3 Å². The molecule has 1 aromatic rings. The number of nitrogens with zero attached hydrogens (tertiary/aromatic N) is 2. The maximum absolute atomic E-state index is 5.89. The van der Waals surface area contributed by atoms with Gasteiger partial charge in [-0.2, -0.15) is 0 Å². The molecule has 0 aromatic carbocycles. The predicted molar refractivity (Wildman–Crippen MR) is 68.6 cm³/mol. The molecule has 0 N–H and O–H groups in total. The number of likely N-dealkylation sites (N-methyl/N-ethyl adjacent to an activating group) is 1. The largest absolute Gasteiger partial charge is 0.376 e. The van der Waals surface area contributed by atoms with Crippen LogP contribution < -0.4 is 0 Å². The number of halogens is 2. The lowest BCUT2D eigenvalue weighted by molar-refractivity contribution is 0.508. The number of pyridine rings is 1. The minimum Gasteiger partial charge on any atom is -0.376 e. The van der Waals surface area contributed by atoms with Gasteiger partial charge in [-0.25, -0.2) is 4.98 Å². The number of hydrogen-bond acceptors (Lipinski definition) is 2. The van der Waals surface area contributed by atoms with Gasteiger partial charge in [0.1, 0.15) is 10.3 Å². The monoisotopic (exact) mass is 254 g/mol. The van der Waals surface area contributed by atoms with Crippen molar-refractivity contribution in [2.24, 2.45) is 0 Å². The van der Waals surface area contributed by atoms with Crippen LogP contribution in [0.5, 0.6) is 0 Å². The first-order valence-corrected chi connectivity index (χ1v) is 5.73. The fourth-order valence-electron chi connectivity index (χ4n) is 1.84. The summed E-state index contributed by atoms with van der Waals surface area (Å²) in [6, 6.07) is 3.68. The Hall–Kier alpha value is -0.990. The van der Waals surface area contributed by atoms with Crippen LogP contribution in [0.25, 0.3) is 5.57 Å². The van der Waals surface area contributed by atoms with E-state index >= 15 is 0 Å². The zero-order valence-electron chi connectivity index (χ0n) is 9.17. The molecule has 0 atom stereocenters. The Balaban J connectivity index is 2.41. The third-order valence-electron chi connectivity index (χ3n) is 2.38. The molecule has 0 spiro atoms. The van der Waals surface area contributed by atoms with E-state index < -0.39 is 0 Å². The van der Waals surface area contributed by atoms with E-state index in [1.165, 1.54) is 11.1 Å². The van der Waals surface area contributed by atoms with Gasteiger partial charge in [-0.3, -0.25) is 0 Å². The highest BCUT2D eigenvalue weighted by Gasteiger charge is 2.10. The fraction of sp³-hybridized carbons (Fsp3) is 0.250. The maximum atomic E-state index is 5.89. The van der Waals surface area contributed by atoms with E-state index in [1.807, 2.05) is 19.2 Å². The topological polar surface area (TPSA) is 16.1 Å². The van der Waals surface area contributed by atoms with Gasteiger partial charge in [0.05, 0.1) is 0 Å². The second kappa shape index (κ2) is 4.48. The minimum absolute atomic E-state index is 0.429. The standard InChI is InChI=1S/C12H12Cl2N2/c1-8-3-10(7-16(2)6-8)9-4-11(13)15-12(14)5-9/h3-6H,7H2,1-2H3. The van der Waals surface area contributed by atoms with Crippen LogP contribution in [0.1, 0.15) is 12.5 Å². The Bertz CT molecular complexity index is 458. The van der Waals surface area contributed by atoms with Crippen LogP contribution in [-0.4, -0.2) is 23.5 Å². The third kappa shape index (κ3) is 2.57. The molecule has 0 unspecified atom stereocenters. The predicted octanol–water partition coefficient (Wildman–Crippen LogP) is 3.62. The van der Waals surface area contributed by atoms with Crippen molar-refractivity contribution < 1.29 is 0 Å². The zero-order valence-corrected chi connectivity index (χ0v) is 10.7. The van der Waals surface area contributed by atoms with Crippen molar-refractivity contribution in [2.75, 3.05) is 13.6 Å². The fourth-order valence-corrected chi connectivity index (χ4v) is 2.31. The summed E-state index contributed by atoms with van der Waals surface area (Å²) in [6.45, 7) is 2.92. The Morgan fingerprint density at radius 1 is 1.25 bits per heavy atom. The molecule has 16 heavy (non-hydrogen) atoms. The highest BCUT2D eigenvalue weighted by atomic mass is 35.5. The Kier molecular flexibility index (Phi) is 3.22. The molecule has 84 valence electrons. The average Bonchev–Trinajstić information content (AvgIpc) is 2.14. The second-order valence-electron chi connectivity index (χ2n) is 3.96. The van der Waals surface area contributed by atoms with Gasteiger partial charge in [-0.05, 0) is 35.8 Å². The van der Waals surface area contributed by atoms with Crippen LogP contribution in [0.15, 0.2) is 30.0 Å². The normalized spacial score (nSPS) is 15.9. The van der Waals surface area contributed by atoms with Gasteiger partial charge in [0.2, 0.25) is 0 Å². The maximum Gasteiger partial charge on any atom is 0.131 e. The summed E-state index contributed by atoms with van der Waals surface area (Å²) >= 11 is 11.8. The molecule has 0 bridgehead atoms. The van der Waals surface area contributed by atoms with Crippen molar-refractivity contribution in [1.82, 2.24) is 9.88 Å². The lowest BCUT2D eigenvalue weighted by Crippen LogP contribution is -2.17. The van der Waals surface area contributed by atoms with E-state index in [-0.39, 0.29) is 0 Å². The van der Waals surface area contributed by atoms with E-state index in [0.29, 0.717) is 10.3 Å². The molecule has 2 nitrogen and oxygen atoms in total. The van der Waals surface area contributed by atoms with E-state index in [4.69, 9.17) is 23.2 Å². The van der Waals surface area contributed by atoms with Gasteiger partial charge in [-0.15, -0.1) is 0 Å². The molecule has 0 saturated heterocycles. The third-order valence-corrected chi connectivity index (χ3v) is 2.77. The molecule has 1 aliphatic heterocycles. The summed E-state index contributed by atoms with van der Waals surface area (Å²) in [5.41, 5.74) is 3.45. The zero-order chi connectivity index (χ0) is 11.7. The summed E-state index contributed by atoms with van der Waals surface area (Å²) in [4.78, 5) is 6.07. The molecule has 1 aromatic heterocycles. The molecular weight excluding hydrogens is 243 g/mol. The number of aromatic nitrogens is 1. The molecule has 0 amide bonds. The van der Waals surface area contributed by atoms with Gasteiger partial charge in [-0.1, -0.05) is 29.3 Å². The Morgan fingerprint density at radius 2 is 1.88 bits per heavy atom. The molecule has 2 heterocycles. The van der Waals surface area contributed by atoms with Crippen molar-refractivity contribution in [3.05, 3.63) is 45.9 Å². The minimum atomic E-state index is 0.429. The Morgan fingerprint density at radius 3 is 2.44 bits per heavy atom. The van der Waals surface area contributed by atoms with Crippen molar-refractivity contribution >= 4 is 28.8 Å². The van der Waals surface area contributed by atoms with Crippen LogP contribution in [0.3, 0.4) is 0 Å². The van der Waals surface area contributed by atoms with Crippen molar-refractivity contribution in [3.63, 3.8) is 0 Å². The Labute approximate surface area is 105 Å². The van der Waals surface area contributed by atoms with Crippen LogP contribution >= 0.6 is 23.2 Å².